The van der Waals surface area contributed by atoms with Gasteiger partial charge in [-0.15, -0.1) is 0 Å². The molecule has 0 aliphatic heterocycles. The molecule has 1 aliphatic rings. The molecule has 5 aromatic rings. The maximum absolute atomic E-state index is 6.36. The van der Waals surface area contributed by atoms with Crippen LogP contribution in [-0.2, 0) is 26.9 Å². The van der Waals surface area contributed by atoms with Crippen molar-refractivity contribution in [3.05, 3.63) is 84.1 Å². The summed E-state index contributed by atoms with van der Waals surface area (Å²) in [6.45, 7) is 0. The van der Waals surface area contributed by atoms with Gasteiger partial charge in [0.2, 0.25) is 0 Å². The Hall–Kier alpha value is -2.30. The molecule has 0 bridgehead atoms. The average Bonchev–Trinajstić information content (AvgIpc) is 3.26. The van der Waals surface area contributed by atoms with Crippen molar-refractivity contribution >= 4 is 25.7 Å². The van der Waals surface area contributed by atoms with Gasteiger partial charge in [0.25, 0.3) is 0 Å². The van der Waals surface area contributed by atoms with Crippen molar-refractivity contribution in [2.75, 3.05) is 0 Å². The fourth-order valence-corrected chi connectivity index (χ4v) is 4.87. The van der Waals surface area contributed by atoms with Crippen LogP contribution in [0.15, 0.2) is 72.9 Å². The molecular formula is C24H15Cl2N2OTi. The fraction of sp³-hybridized carbons (Fsp3) is 0.0417. The Balaban J connectivity index is 0.00000109. The number of H-pyrrole nitrogens is 1. The molecule has 0 fully saturated rings. The monoisotopic (exact) mass is 465 g/mol. The third-order valence-corrected chi connectivity index (χ3v) is 6.28. The summed E-state index contributed by atoms with van der Waals surface area (Å²) in [4.78, 5) is 8.14. The van der Waals surface area contributed by atoms with Gasteiger partial charge in [0.05, 0.1) is 0 Å². The second kappa shape index (κ2) is 8.09. The van der Waals surface area contributed by atoms with Crippen molar-refractivity contribution in [3.8, 4) is 22.8 Å². The van der Waals surface area contributed by atoms with E-state index in [-0.39, 0.29) is 24.8 Å². The van der Waals surface area contributed by atoms with Crippen molar-refractivity contribution < 1.29 is 50.0 Å². The molecule has 2 aromatic heterocycles. The van der Waals surface area contributed by atoms with Gasteiger partial charge in [0, 0.05) is 0 Å². The van der Waals surface area contributed by atoms with Gasteiger partial charge in [-0.25, -0.2) is 0 Å². The molecule has 0 spiro atoms. The zero-order valence-corrected chi connectivity index (χ0v) is 18.8. The zero-order chi connectivity index (χ0) is 18.7. The van der Waals surface area contributed by atoms with E-state index in [1.165, 1.54) is 33.3 Å². The van der Waals surface area contributed by atoms with Crippen LogP contribution in [0.2, 0.25) is 0 Å². The van der Waals surface area contributed by atoms with E-state index in [1.54, 1.807) is 0 Å². The fourth-order valence-electron chi connectivity index (χ4n) is 4.21. The minimum atomic E-state index is 0. The summed E-state index contributed by atoms with van der Waals surface area (Å²) in [5.41, 5.74) is 7.37. The van der Waals surface area contributed by atoms with Gasteiger partial charge in [0.1, 0.15) is 0 Å². The maximum atomic E-state index is 6.36. The summed E-state index contributed by atoms with van der Waals surface area (Å²) in [7, 11) is 0. The number of benzene rings is 3. The Bertz CT molecular complexity index is 1390. The second-order valence-corrected chi connectivity index (χ2v) is 7.89. The Kier molecular flexibility index (Phi) is 5.65. The number of rotatable bonds is 2. The molecule has 145 valence electrons. The van der Waals surface area contributed by atoms with Crippen LogP contribution >= 0.6 is 0 Å². The van der Waals surface area contributed by atoms with Crippen LogP contribution in [0.4, 0.5) is 0 Å². The Labute approximate surface area is 198 Å². The van der Waals surface area contributed by atoms with Gasteiger partial charge in [0.15, 0.2) is 0 Å². The zero-order valence-electron chi connectivity index (χ0n) is 15.7. The molecule has 1 aliphatic carbocycles. The van der Waals surface area contributed by atoms with Crippen LogP contribution in [0.3, 0.4) is 0 Å². The number of para-hydroxylation sites is 1. The number of halogens is 2. The summed E-state index contributed by atoms with van der Waals surface area (Å²) in [6, 6.07) is 22.9. The molecular weight excluding hydrogens is 451 g/mol. The van der Waals surface area contributed by atoms with E-state index in [4.69, 9.17) is 4.74 Å². The first-order valence-corrected chi connectivity index (χ1v) is 10.1. The molecule has 0 unspecified atom stereocenters. The van der Waals surface area contributed by atoms with Crippen molar-refractivity contribution in [1.29, 1.82) is 0 Å². The van der Waals surface area contributed by atoms with Crippen molar-refractivity contribution in [2.45, 2.75) is 6.42 Å². The minimum absolute atomic E-state index is 0. The number of ether oxygens (including phenoxy) is 1. The number of aromatic nitrogens is 2. The molecule has 0 saturated heterocycles. The SMILES string of the molecule is [Cl-].[Cl-].[Ti+2][c]1c(Oc2cccc3cccnc23)ccc2[nH]c3c(c12)Cc1ccccc1-3. The summed E-state index contributed by atoms with van der Waals surface area (Å²) in [6.07, 6.45) is 2.77. The van der Waals surface area contributed by atoms with Gasteiger partial charge in [-0.3, -0.25) is 0 Å². The molecule has 0 saturated carbocycles. The predicted octanol–water partition coefficient (Wildman–Crippen LogP) is -0.740. The molecule has 30 heavy (non-hydrogen) atoms. The molecule has 0 radical (unpaired) electrons. The molecule has 1 N–H and O–H groups in total. The Morgan fingerprint density at radius 1 is 0.867 bits per heavy atom. The molecule has 6 rings (SSSR count). The van der Waals surface area contributed by atoms with Crippen LogP contribution < -0.4 is 33.4 Å². The van der Waals surface area contributed by atoms with E-state index in [2.05, 4.69) is 78.9 Å². The number of pyridine rings is 1. The van der Waals surface area contributed by atoms with Crippen molar-refractivity contribution in [2.24, 2.45) is 0 Å². The molecule has 3 aromatic carbocycles. The summed E-state index contributed by atoms with van der Waals surface area (Å²) < 4.78 is 7.52. The molecule has 6 heteroatoms. The molecule has 2 heterocycles. The first kappa shape index (κ1) is 21.0. The van der Waals surface area contributed by atoms with Crippen molar-refractivity contribution in [1.82, 2.24) is 9.97 Å². The van der Waals surface area contributed by atoms with Crippen LogP contribution in [0.25, 0.3) is 33.1 Å². The number of hydrogen-bond acceptors (Lipinski definition) is 2. The topological polar surface area (TPSA) is 37.9 Å². The van der Waals surface area contributed by atoms with Crippen LogP contribution in [0, 0.1) is 0 Å². The van der Waals surface area contributed by atoms with Crippen LogP contribution in [0.1, 0.15) is 11.1 Å². The molecule has 0 amide bonds. The number of nitrogens with zero attached hydrogens (tertiary/aromatic N) is 1. The average molecular weight is 466 g/mol. The van der Waals surface area contributed by atoms with E-state index >= 15 is 0 Å². The van der Waals surface area contributed by atoms with Gasteiger partial charge in [-0.05, 0) is 0 Å². The summed E-state index contributed by atoms with van der Waals surface area (Å²) >= 11 is 2.15. The Morgan fingerprint density at radius 3 is 2.60 bits per heavy atom. The number of fused-ring (bicyclic) bond motifs is 6. The van der Waals surface area contributed by atoms with Gasteiger partial charge >= 0.3 is 174 Å². The van der Waals surface area contributed by atoms with E-state index in [0.29, 0.717) is 0 Å². The standard InChI is InChI=1S/C24H15N2O.2ClH.Ti/c1-2-8-18-16(5-1)13-20-19-14-17(10-11-21(19)26-24(18)20)27-22-9-3-6-15-7-4-12-25-23(15)22;;;/h1-12,26H,13H2;2*1H;/q;;;+2/p-2. The van der Waals surface area contributed by atoms with Gasteiger partial charge < -0.3 is 24.8 Å². The number of aromatic amines is 1. The third-order valence-electron chi connectivity index (χ3n) is 5.50. The summed E-state index contributed by atoms with van der Waals surface area (Å²) in [5, 5.41) is 2.36. The van der Waals surface area contributed by atoms with E-state index in [1.807, 2.05) is 24.4 Å². The number of nitrogens with one attached hydrogen (secondary N) is 1. The Morgan fingerprint density at radius 2 is 1.70 bits per heavy atom. The first-order valence-electron chi connectivity index (χ1n) is 9.28. The summed E-state index contributed by atoms with van der Waals surface area (Å²) in [5.74, 6) is 1.67. The predicted molar refractivity (Wildman–Crippen MR) is 108 cm³/mol. The van der Waals surface area contributed by atoms with Crippen LogP contribution in [-0.4, -0.2) is 9.97 Å². The normalized spacial score (nSPS) is 11.5. The van der Waals surface area contributed by atoms with Crippen molar-refractivity contribution in [3.63, 3.8) is 0 Å². The first-order chi connectivity index (χ1) is 13.8. The van der Waals surface area contributed by atoms with E-state index < -0.39 is 0 Å². The van der Waals surface area contributed by atoms with Crippen LogP contribution in [0.5, 0.6) is 11.5 Å². The second-order valence-electron chi connectivity index (χ2n) is 7.11. The van der Waals surface area contributed by atoms with E-state index in [9.17, 15) is 0 Å². The van der Waals surface area contributed by atoms with Gasteiger partial charge in [-0.1, -0.05) is 0 Å². The molecule has 3 nitrogen and oxygen atoms in total. The van der Waals surface area contributed by atoms with E-state index in [0.717, 1.165) is 32.7 Å². The van der Waals surface area contributed by atoms with Gasteiger partial charge in [-0.2, -0.15) is 0 Å². The third kappa shape index (κ3) is 3.14. The number of hydrogen-bond donors (Lipinski definition) is 1. The molecule has 0 atom stereocenters. The quantitative estimate of drug-likeness (QED) is 0.342.